The van der Waals surface area contributed by atoms with Crippen LogP contribution in [-0.4, -0.2) is 31.5 Å². The molecule has 3 nitrogen and oxygen atoms in total. The second kappa shape index (κ2) is 5.82. The average Bonchev–Trinajstić information content (AvgIpc) is 2.39. The Morgan fingerprint density at radius 1 is 1.20 bits per heavy atom. The normalized spacial score (nSPS) is 19.9. The number of hydrogen-bond acceptors (Lipinski definition) is 2. The van der Waals surface area contributed by atoms with Crippen molar-refractivity contribution >= 4 is 10.0 Å². The fourth-order valence-corrected chi connectivity index (χ4v) is 4.13. The second-order valence-corrected chi connectivity index (χ2v) is 7.56. The van der Waals surface area contributed by atoms with Gasteiger partial charge in [-0.1, -0.05) is 31.0 Å². The van der Waals surface area contributed by atoms with E-state index >= 15 is 0 Å². The van der Waals surface area contributed by atoms with Crippen molar-refractivity contribution in [2.75, 3.05) is 13.1 Å². The van der Waals surface area contributed by atoms with Gasteiger partial charge in [-0.3, -0.25) is 0 Å². The summed E-state index contributed by atoms with van der Waals surface area (Å²) in [6.07, 6.45) is 1.91. The van der Waals surface area contributed by atoms with E-state index in [1.807, 2.05) is 13.8 Å². The lowest BCUT2D eigenvalue weighted by molar-refractivity contribution is 0.0786. The van der Waals surface area contributed by atoms with Gasteiger partial charge < -0.3 is 0 Å². The van der Waals surface area contributed by atoms with Gasteiger partial charge in [0.25, 0.3) is 0 Å². The molecule has 1 aromatic rings. The van der Waals surface area contributed by atoms with Crippen molar-refractivity contribution in [2.24, 2.45) is 0 Å². The van der Waals surface area contributed by atoms with Gasteiger partial charge in [0.05, 0.1) is 4.90 Å². The van der Waals surface area contributed by atoms with Crippen molar-refractivity contribution in [3.8, 4) is 0 Å². The predicted molar refractivity (Wildman–Crippen MR) is 77.9 cm³/mol. The van der Waals surface area contributed by atoms with Gasteiger partial charge in [0.1, 0.15) is 5.67 Å². The summed E-state index contributed by atoms with van der Waals surface area (Å²) in [6.45, 7) is 4.41. The van der Waals surface area contributed by atoms with E-state index in [-0.39, 0.29) is 13.1 Å². The van der Waals surface area contributed by atoms with Crippen molar-refractivity contribution in [2.45, 2.75) is 50.1 Å². The summed E-state index contributed by atoms with van der Waals surface area (Å²) in [5, 5.41) is 0. The second-order valence-electron chi connectivity index (χ2n) is 5.62. The molecule has 1 saturated heterocycles. The number of piperidine rings is 1. The highest BCUT2D eigenvalue weighted by Crippen LogP contribution is 2.33. The fraction of sp³-hybridized carbons (Fsp3) is 0.600. The Bertz CT molecular complexity index is 546. The van der Waals surface area contributed by atoms with Crippen LogP contribution in [0.1, 0.15) is 38.2 Å². The van der Waals surface area contributed by atoms with Crippen LogP contribution in [0.4, 0.5) is 4.39 Å². The SMILES string of the molecule is CCCC1(F)CCN(S(=O)(=O)c2ccc(C)cc2)CC1. The van der Waals surface area contributed by atoms with Gasteiger partial charge in [-0.2, -0.15) is 4.31 Å². The molecule has 5 heteroatoms. The molecule has 0 atom stereocenters. The Balaban J connectivity index is 2.11. The Morgan fingerprint density at radius 2 is 1.75 bits per heavy atom. The van der Waals surface area contributed by atoms with Crippen molar-refractivity contribution in [1.82, 2.24) is 4.31 Å². The minimum atomic E-state index is -3.48. The van der Waals surface area contributed by atoms with Crippen molar-refractivity contribution in [1.29, 1.82) is 0 Å². The maximum absolute atomic E-state index is 14.4. The number of aryl methyl sites for hydroxylation is 1. The van der Waals surface area contributed by atoms with Crippen molar-refractivity contribution in [3.63, 3.8) is 0 Å². The van der Waals surface area contributed by atoms with Crippen LogP contribution in [0.5, 0.6) is 0 Å². The number of nitrogens with zero attached hydrogens (tertiary/aromatic N) is 1. The highest BCUT2D eigenvalue weighted by Gasteiger charge is 2.37. The van der Waals surface area contributed by atoms with E-state index in [0.29, 0.717) is 24.2 Å². The highest BCUT2D eigenvalue weighted by atomic mass is 32.2. The number of rotatable bonds is 4. The molecule has 112 valence electrons. The van der Waals surface area contributed by atoms with Crippen LogP contribution in [0.15, 0.2) is 29.2 Å². The van der Waals surface area contributed by atoms with Crippen molar-refractivity contribution in [3.05, 3.63) is 29.8 Å². The smallest absolute Gasteiger partial charge is 0.243 e. The first kappa shape index (κ1) is 15.4. The Kier molecular flexibility index (Phi) is 4.49. The molecule has 1 fully saturated rings. The van der Waals surface area contributed by atoms with E-state index < -0.39 is 15.7 Å². The first-order chi connectivity index (χ1) is 9.37. The zero-order chi connectivity index (χ0) is 14.8. The minimum Gasteiger partial charge on any atom is -0.244 e. The molecule has 0 unspecified atom stereocenters. The number of halogens is 1. The maximum Gasteiger partial charge on any atom is 0.243 e. The zero-order valence-electron chi connectivity index (χ0n) is 12.1. The van der Waals surface area contributed by atoms with Crippen LogP contribution < -0.4 is 0 Å². The third-order valence-electron chi connectivity index (χ3n) is 3.98. The number of benzene rings is 1. The maximum atomic E-state index is 14.4. The quantitative estimate of drug-likeness (QED) is 0.855. The largest absolute Gasteiger partial charge is 0.244 e. The molecule has 0 amide bonds. The Morgan fingerprint density at radius 3 is 2.25 bits per heavy atom. The average molecular weight is 299 g/mol. The molecule has 2 rings (SSSR count). The first-order valence-corrected chi connectivity index (χ1v) is 8.57. The Labute approximate surface area is 120 Å². The summed E-state index contributed by atoms with van der Waals surface area (Å²) >= 11 is 0. The molecular weight excluding hydrogens is 277 g/mol. The molecule has 1 aliphatic heterocycles. The van der Waals surface area contributed by atoms with E-state index in [4.69, 9.17) is 0 Å². The molecule has 0 aromatic heterocycles. The van der Waals surface area contributed by atoms with E-state index in [1.54, 1.807) is 24.3 Å². The summed E-state index contributed by atoms with van der Waals surface area (Å²) in [6, 6.07) is 6.81. The predicted octanol–water partition coefficient (Wildman–Crippen LogP) is 3.29. The summed E-state index contributed by atoms with van der Waals surface area (Å²) in [4.78, 5) is 0.296. The fourth-order valence-electron chi connectivity index (χ4n) is 2.68. The topological polar surface area (TPSA) is 37.4 Å². The third kappa shape index (κ3) is 3.20. The standard InChI is InChI=1S/C15H22FNO2S/c1-3-8-15(16)9-11-17(12-10-15)20(18,19)14-6-4-13(2)5-7-14/h4-7H,3,8-12H2,1-2H3. The van der Waals surface area contributed by atoms with E-state index in [9.17, 15) is 12.8 Å². The van der Waals surface area contributed by atoms with Crippen LogP contribution in [0.3, 0.4) is 0 Å². The van der Waals surface area contributed by atoms with Gasteiger partial charge in [0.15, 0.2) is 0 Å². The van der Waals surface area contributed by atoms with Crippen LogP contribution in [0.2, 0.25) is 0 Å². The molecule has 1 aromatic carbocycles. The van der Waals surface area contributed by atoms with Gasteiger partial charge in [0, 0.05) is 13.1 Å². The molecular formula is C15H22FNO2S. The molecule has 0 spiro atoms. The van der Waals surface area contributed by atoms with Gasteiger partial charge >= 0.3 is 0 Å². The molecule has 1 heterocycles. The van der Waals surface area contributed by atoms with Crippen LogP contribution >= 0.6 is 0 Å². The molecule has 0 bridgehead atoms. The molecule has 0 aliphatic carbocycles. The van der Waals surface area contributed by atoms with Gasteiger partial charge in [-0.25, -0.2) is 12.8 Å². The minimum absolute atomic E-state index is 0.271. The number of hydrogen-bond donors (Lipinski definition) is 0. The van der Waals surface area contributed by atoms with Gasteiger partial charge in [-0.05, 0) is 38.3 Å². The molecule has 1 aliphatic rings. The lowest BCUT2D eigenvalue weighted by atomic mass is 9.90. The Hall–Kier alpha value is -0.940. The van der Waals surface area contributed by atoms with E-state index in [0.717, 1.165) is 12.0 Å². The number of sulfonamides is 1. The summed E-state index contributed by atoms with van der Waals surface area (Å²) < 4.78 is 40.7. The zero-order valence-corrected chi connectivity index (χ0v) is 12.9. The van der Waals surface area contributed by atoms with Crippen molar-refractivity contribution < 1.29 is 12.8 Å². The molecule has 0 saturated carbocycles. The summed E-state index contributed by atoms with van der Waals surface area (Å²) in [5.41, 5.74) is -0.165. The van der Waals surface area contributed by atoms with E-state index in [2.05, 4.69) is 0 Å². The van der Waals surface area contributed by atoms with Gasteiger partial charge in [0.2, 0.25) is 10.0 Å². The monoisotopic (exact) mass is 299 g/mol. The lowest BCUT2D eigenvalue weighted by Crippen LogP contribution is -2.44. The lowest BCUT2D eigenvalue weighted by Gasteiger charge is -2.35. The third-order valence-corrected chi connectivity index (χ3v) is 5.89. The van der Waals surface area contributed by atoms with Crippen LogP contribution in [0.25, 0.3) is 0 Å². The van der Waals surface area contributed by atoms with Gasteiger partial charge in [-0.15, -0.1) is 0 Å². The number of alkyl halides is 1. The summed E-state index contributed by atoms with van der Waals surface area (Å²) in [5.74, 6) is 0. The van der Waals surface area contributed by atoms with Crippen LogP contribution in [-0.2, 0) is 10.0 Å². The van der Waals surface area contributed by atoms with E-state index in [1.165, 1.54) is 4.31 Å². The summed E-state index contributed by atoms with van der Waals surface area (Å²) in [7, 11) is -3.48. The molecule has 0 N–H and O–H groups in total. The molecule has 20 heavy (non-hydrogen) atoms. The highest BCUT2D eigenvalue weighted by molar-refractivity contribution is 7.89. The van der Waals surface area contributed by atoms with Crippen LogP contribution in [0, 0.1) is 6.92 Å². The molecule has 0 radical (unpaired) electrons. The first-order valence-electron chi connectivity index (χ1n) is 7.13.